The average molecular weight is 826 g/mol. The molecule has 0 spiro atoms. The monoisotopic (exact) mass is 825 g/mol. The minimum Gasteiger partial charge on any atom is -0.493 e. The van der Waals surface area contributed by atoms with Crippen LogP contribution in [0.2, 0.25) is 0 Å². The van der Waals surface area contributed by atoms with Crippen LogP contribution < -0.4 is 18.9 Å². The Morgan fingerprint density at radius 3 is 2.45 bits per heavy atom. The lowest BCUT2D eigenvalue weighted by atomic mass is 10.1. The number of hydrogen-bond donors (Lipinski definition) is 2. The maximum Gasteiger partial charge on any atom is 0.305 e. The van der Waals surface area contributed by atoms with Crippen molar-refractivity contribution in [3.63, 3.8) is 0 Å². The van der Waals surface area contributed by atoms with Gasteiger partial charge in [0.1, 0.15) is 31.6 Å². The van der Waals surface area contributed by atoms with E-state index >= 15 is 0 Å². The standard InChI is InChI=1S/C33H35N11O13S/c1-20(2)22-11-12-27(35-18-22)58(50,51)40-32-29(56-26-9-5-4-8-25(26)52-3)33(37-30(36-32)21-13-14-34-24(17-21)31-38-41-42-39-31)54-16-15-53-28(45)10-6-7-23(57-44(48)49)19-55-43(46)47/h4-5,8-9,11-14,17-18,20,23H,6-7,10,15-16,19H2,1-3H3,(H,36,37,40)(H,38,39,41,42). The van der Waals surface area contributed by atoms with Crippen molar-refractivity contribution in [3.8, 4) is 46.0 Å². The third kappa shape index (κ3) is 11.6. The van der Waals surface area contributed by atoms with Crippen LogP contribution in [0.4, 0.5) is 5.82 Å². The van der Waals surface area contributed by atoms with E-state index in [1.807, 2.05) is 13.8 Å². The molecule has 1 unspecified atom stereocenters. The van der Waals surface area contributed by atoms with E-state index in [2.05, 4.69) is 55.0 Å². The first kappa shape index (κ1) is 41.8. The largest absolute Gasteiger partial charge is 0.493 e. The highest BCUT2D eigenvalue weighted by atomic mass is 32.2. The van der Waals surface area contributed by atoms with Crippen LogP contribution in [0.15, 0.2) is 66.0 Å². The number of aromatic amines is 1. The summed E-state index contributed by atoms with van der Waals surface area (Å²) in [6, 6.07) is 12.5. The molecule has 4 aromatic heterocycles. The molecule has 306 valence electrons. The van der Waals surface area contributed by atoms with Gasteiger partial charge in [-0.2, -0.15) is 18.6 Å². The second-order valence-corrected chi connectivity index (χ2v) is 13.7. The number of carbonyl (C=O) groups excluding carboxylic acids is 1. The number of H-pyrrole nitrogens is 1. The summed E-state index contributed by atoms with van der Waals surface area (Å²) in [6.07, 6.45) is 1.21. The lowest BCUT2D eigenvalue weighted by Gasteiger charge is -2.18. The summed E-state index contributed by atoms with van der Waals surface area (Å²) in [5, 5.41) is 32.4. The Kier molecular flexibility index (Phi) is 14.1. The van der Waals surface area contributed by atoms with Crippen molar-refractivity contribution in [2.24, 2.45) is 0 Å². The Hall–Kier alpha value is -7.31. The number of esters is 1. The number of para-hydroxylation sites is 2. The van der Waals surface area contributed by atoms with E-state index in [0.717, 1.165) is 5.56 Å². The molecule has 0 bridgehead atoms. The Labute approximate surface area is 328 Å². The van der Waals surface area contributed by atoms with Crippen molar-refractivity contribution < 1.29 is 52.0 Å². The summed E-state index contributed by atoms with van der Waals surface area (Å²) in [5.41, 5.74) is 1.40. The zero-order chi connectivity index (χ0) is 41.7. The van der Waals surface area contributed by atoms with Crippen LogP contribution in [0.1, 0.15) is 44.6 Å². The van der Waals surface area contributed by atoms with Gasteiger partial charge in [0.2, 0.25) is 11.6 Å². The lowest BCUT2D eigenvalue weighted by molar-refractivity contribution is -0.790. The molecule has 0 fully saturated rings. The maximum atomic E-state index is 13.8. The molecule has 2 N–H and O–H groups in total. The van der Waals surface area contributed by atoms with Gasteiger partial charge in [-0.15, -0.1) is 30.4 Å². The number of tetrazole rings is 1. The predicted octanol–water partition coefficient (Wildman–Crippen LogP) is 3.72. The van der Waals surface area contributed by atoms with Gasteiger partial charge in [-0.1, -0.05) is 32.0 Å². The van der Waals surface area contributed by atoms with Crippen molar-refractivity contribution in [3.05, 3.63) is 86.7 Å². The second-order valence-electron chi connectivity index (χ2n) is 12.1. The molecule has 0 aliphatic carbocycles. The summed E-state index contributed by atoms with van der Waals surface area (Å²) < 4.78 is 53.0. The fraction of sp³-hybridized carbons (Fsp3) is 0.333. The highest BCUT2D eigenvalue weighted by molar-refractivity contribution is 7.92. The summed E-state index contributed by atoms with van der Waals surface area (Å²) >= 11 is 0. The molecular weight excluding hydrogens is 790 g/mol. The van der Waals surface area contributed by atoms with Gasteiger partial charge in [-0.3, -0.25) is 14.5 Å². The predicted molar refractivity (Wildman–Crippen MR) is 196 cm³/mol. The van der Waals surface area contributed by atoms with Crippen LogP contribution in [0.5, 0.6) is 23.1 Å². The van der Waals surface area contributed by atoms with Gasteiger partial charge in [0.05, 0.1) is 7.11 Å². The fourth-order valence-electron chi connectivity index (χ4n) is 4.94. The van der Waals surface area contributed by atoms with Gasteiger partial charge in [-0.25, -0.2) is 9.97 Å². The molecule has 0 aliphatic rings. The molecular formula is C33H35N11O13S. The first-order valence-corrected chi connectivity index (χ1v) is 18.6. The van der Waals surface area contributed by atoms with Gasteiger partial charge >= 0.3 is 5.97 Å². The second kappa shape index (κ2) is 19.5. The van der Waals surface area contributed by atoms with E-state index in [4.69, 9.17) is 18.9 Å². The number of ether oxygens (including phenoxy) is 4. The van der Waals surface area contributed by atoms with Gasteiger partial charge in [-0.05, 0) is 59.9 Å². The van der Waals surface area contributed by atoms with Crippen molar-refractivity contribution in [1.29, 1.82) is 0 Å². The van der Waals surface area contributed by atoms with Crippen LogP contribution in [-0.4, -0.2) is 98.2 Å². The fourth-order valence-corrected chi connectivity index (χ4v) is 5.87. The molecule has 5 aromatic rings. The highest BCUT2D eigenvalue weighted by Crippen LogP contribution is 2.42. The van der Waals surface area contributed by atoms with Gasteiger partial charge in [0, 0.05) is 24.4 Å². The number of methoxy groups -OCH3 is 1. The molecule has 5 rings (SSSR count). The van der Waals surface area contributed by atoms with Crippen LogP contribution in [-0.2, 0) is 29.2 Å². The number of nitrogens with zero attached hydrogens (tertiary/aromatic N) is 9. The summed E-state index contributed by atoms with van der Waals surface area (Å²) in [7, 11) is -3.02. The number of benzene rings is 1. The Morgan fingerprint density at radius 1 is 0.983 bits per heavy atom. The molecule has 0 radical (unpaired) electrons. The van der Waals surface area contributed by atoms with Crippen molar-refractivity contribution in [2.45, 2.75) is 50.2 Å². The van der Waals surface area contributed by atoms with E-state index in [9.17, 15) is 33.4 Å². The number of sulfonamides is 1. The number of aromatic nitrogens is 8. The zero-order valence-corrected chi connectivity index (χ0v) is 31.7. The molecule has 24 nitrogen and oxygen atoms in total. The van der Waals surface area contributed by atoms with Gasteiger partial charge < -0.3 is 28.6 Å². The molecule has 1 atom stereocenters. The van der Waals surface area contributed by atoms with E-state index < -0.39 is 38.9 Å². The summed E-state index contributed by atoms with van der Waals surface area (Å²) in [5.74, 6) is -1.14. The molecule has 0 saturated carbocycles. The topological polar surface area (TPSA) is 311 Å². The molecule has 0 amide bonds. The first-order valence-electron chi connectivity index (χ1n) is 17.1. The molecule has 1 aromatic carbocycles. The number of nitrogens with one attached hydrogen (secondary N) is 2. The Morgan fingerprint density at radius 2 is 1.78 bits per heavy atom. The first-order chi connectivity index (χ1) is 27.8. The van der Waals surface area contributed by atoms with Crippen molar-refractivity contribution in [1.82, 2.24) is 40.6 Å². The van der Waals surface area contributed by atoms with E-state index in [1.54, 1.807) is 36.4 Å². The van der Waals surface area contributed by atoms with Crippen LogP contribution in [0.25, 0.3) is 22.9 Å². The van der Waals surface area contributed by atoms with E-state index in [0.29, 0.717) is 5.56 Å². The van der Waals surface area contributed by atoms with Gasteiger partial charge in [0.25, 0.3) is 26.1 Å². The summed E-state index contributed by atoms with van der Waals surface area (Å²) in [6.45, 7) is 2.46. The molecule has 0 saturated heterocycles. The number of carbonyl (C=O) groups is 1. The van der Waals surface area contributed by atoms with Crippen LogP contribution in [0, 0.1) is 20.2 Å². The SMILES string of the molecule is COc1ccccc1Oc1c(NS(=O)(=O)c2ccc(C(C)C)cn2)nc(-c2ccnc(-c3nn[nH]n3)c2)nc1OCCOC(=O)CCCC(CO[N+](=O)[O-])O[N+](=O)[O-]. The number of hydrogen-bond acceptors (Lipinski definition) is 20. The van der Waals surface area contributed by atoms with Crippen molar-refractivity contribution >= 4 is 21.8 Å². The van der Waals surface area contributed by atoms with E-state index in [-0.39, 0.29) is 89.7 Å². The summed E-state index contributed by atoms with van der Waals surface area (Å²) in [4.78, 5) is 59.7. The minimum absolute atomic E-state index is 0.00176. The molecule has 25 heteroatoms. The highest BCUT2D eigenvalue weighted by Gasteiger charge is 2.27. The van der Waals surface area contributed by atoms with Gasteiger partial charge in [0.15, 0.2) is 28.2 Å². The third-order valence-electron chi connectivity index (χ3n) is 7.73. The Bertz CT molecular complexity index is 2300. The quantitative estimate of drug-likeness (QED) is 0.0434. The molecule has 4 heterocycles. The lowest BCUT2D eigenvalue weighted by Crippen LogP contribution is -2.25. The van der Waals surface area contributed by atoms with Crippen molar-refractivity contribution in [2.75, 3.05) is 31.7 Å². The smallest absolute Gasteiger partial charge is 0.305 e. The maximum absolute atomic E-state index is 13.8. The molecule has 0 aliphatic heterocycles. The normalized spacial score (nSPS) is 11.7. The zero-order valence-electron chi connectivity index (χ0n) is 30.9. The van der Waals surface area contributed by atoms with Crippen LogP contribution >= 0.6 is 0 Å². The van der Waals surface area contributed by atoms with Crippen LogP contribution in [0.3, 0.4) is 0 Å². The Balaban J connectivity index is 1.45. The number of pyridine rings is 2. The minimum atomic E-state index is -4.43. The third-order valence-corrected chi connectivity index (χ3v) is 8.99. The number of anilines is 1. The van der Waals surface area contributed by atoms with E-state index in [1.165, 1.54) is 31.6 Å². The number of rotatable bonds is 22. The molecule has 58 heavy (non-hydrogen) atoms. The average Bonchev–Trinajstić information content (AvgIpc) is 3.75.